The third kappa shape index (κ3) is 3.53. The van der Waals surface area contributed by atoms with Gasteiger partial charge < -0.3 is 19.2 Å². The average Bonchev–Trinajstić information content (AvgIpc) is 2.81. The Morgan fingerprint density at radius 3 is 2.79 bits per heavy atom. The second-order valence-corrected chi connectivity index (χ2v) is 4.92. The first-order valence-electron chi connectivity index (χ1n) is 5.68. The van der Waals surface area contributed by atoms with Crippen molar-refractivity contribution in [3.8, 4) is 5.75 Å². The van der Waals surface area contributed by atoms with Crippen LogP contribution in [0.3, 0.4) is 0 Å². The lowest BCUT2D eigenvalue weighted by atomic mass is 9.79. The SMILES string of the molecule is COc1ccc(B(O)O)cc1CSc1nc(C)co1. The van der Waals surface area contributed by atoms with Crippen molar-refractivity contribution in [2.75, 3.05) is 7.11 Å². The summed E-state index contributed by atoms with van der Waals surface area (Å²) in [5, 5.41) is 18.9. The highest BCUT2D eigenvalue weighted by Gasteiger charge is 2.14. The largest absolute Gasteiger partial charge is 0.496 e. The predicted octanol–water partition coefficient (Wildman–Crippen LogP) is 0.964. The van der Waals surface area contributed by atoms with Gasteiger partial charge in [0, 0.05) is 11.3 Å². The Hall–Kier alpha value is -1.44. The highest BCUT2D eigenvalue weighted by atomic mass is 32.2. The summed E-state index contributed by atoms with van der Waals surface area (Å²) in [7, 11) is 0.0898. The van der Waals surface area contributed by atoms with Gasteiger partial charge in [-0.25, -0.2) is 4.98 Å². The van der Waals surface area contributed by atoms with E-state index in [1.54, 1.807) is 31.6 Å². The second-order valence-electron chi connectivity index (χ2n) is 3.99. The number of methoxy groups -OCH3 is 1. The zero-order valence-corrected chi connectivity index (χ0v) is 11.5. The Bertz CT molecular complexity index is 558. The van der Waals surface area contributed by atoms with Gasteiger partial charge in [0.05, 0.1) is 12.8 Å². The van der Waals surface area contributed by atoms with Gasteiger partial charge in [0.1, 0.15) is 12.0 Å². The Kier molecular flexibility index (Phi) is 4.52. The Balaban J connectivity index is 2.15. The minimum atomic E-state index is -1.49. The molecule has 19 heavy (non-hydrogen) atoms. The molecule has 0 unspecified atom stereocenters. The molecule has 0 spiro atoms. The maximum absolute atomic E-state index is 9.18. The van der Waals surface area contributed by atoms with Crippen LogP contribution in [-0.4, -0.2) is 29.3 Å². The molecule has 2 N–H and O–H groups in total. The van der Waals surface area contributed by atoms with E-state index in [1.807, 2.05) is 6.92 Å². The summed E-state index contributed by atoms with van der Waals surface area (Å²) >= 11 is 1.42. The number of ether oxygens (including phenoxy) is 1. The second kappa shape index (κ2) is 6.14. The van der Waals surface area contributed by atoms with E-state index in [9.17, 15) is 10.0 Å². The van der Waals surface area contributed by atoms with Gasteiger partial charge in [-0.3, -0.25) is 0 Å². The highest BCUT2D eigenvalue weighted by molar-refractivity contribution is 7.98. The number of rotatable bonds is 5. The van der Waals surface area contributed by atoms with Crippen LogP contribution in [0.5, 0.6) is 5.75 Å². The van der Waals surface area contributed by atoms with Gasteiger partial charge in [-0.05, 0) is 18.5 Å². The molecule has 2 rings (SSSR count). The quantitative estimate of drug-likeness (QED) is 0.627. The smallest absolute Gasteiger partial charge is 0.488 e. The molecule has 0 aliphatic rings. The zero-order chi connectivity index (χ0) is 13.8. The van der Waals surface area contributed by atoms with Crippen LogP contribution in [-0.2, 0) is 5.75 Å². The molecule has 0 saturated heterocycles. The van der Waals surface area contributed by atoms with Gasteiger partial charge in [0.2, 0.25) is 0 Å². The number of aromatic nitrogens is 1. The summed E-state index contributed by atoms with van der Waals surface area (Å²) in [6.07, 6.45) is 1.59. The molecule has 2 aromatic rings. The normalized spacial score (nSPS) is 10.5. The number of nitrogens with zero attached hydrogens (tertiary/aromatic N) is 1. The van der Waals surface area contributed by atoms with Crippen LogP contribution in [0, 0.1) is 6.92 Å². The van der Waals surface area contributed by atoms with Gasteiger partial charge in [-0.1, -0.05) is 23.9 Å². The average molecular weight is 279 g/mol. The number of hydrogen-bond donors (Lipinski definition) is 2. The minimum absolute atomic E-state index is 0.431. The molecule has 7 heteroatoms. The van der Waals surface area contributed by atoms with Gasteiger partial charge >= 0.3 is 7.12 Å². The third-order valence-electron chi connectivity index (χ3n) is 2.55. The summed E-state index contributed by atoms with van der Waals surface area (Å²) < 4.78 is 10.5. The fraction of sp³-hybridized carbons (Fsp3) is 0.250. The van der Waals surface area contributed by atoms with Crippen molar-refractivity contribution in [3.05, 3.63) is 35.7 Å². The lowest BCUT2D eigenvalue weighted by Crippen LogP contribution is -2.30. The van der Waals surface area contributed by atoms with E-state index in [0.29, 0.717) is 22.2 Å². The topological polar surface area (TPSA) is 75.7 Å². The molecule has 1 aromatic heterocycles. The van der Waals surface area contributed by atoms with Crippen molar-refractivity contribution < 1.29 is 19.2 Å². The fourth-order valence-electron chi connectivity index (χ4n) is 1.61. The van der Waals surface area contributed by atoms with E-state index >= 15 is 0 Å². The van der Waals surface area contributed by atoms with E-state index in [2.05, 4.69) is 4.98 Å². The van der Waals surface area contributed by atoms with Gasteiger partial charge in [-0.15, -0.1) is 0 Å². The Morgan fingerprint density at radius 1 is 1.42 bits per heavy atom. The van der Waals surface area contributed by atoms with Crippen LogP contribution in [0.2, 0.25) is 0 Å². The summed E-state index contributed by atoms with van der Waals surface area (Å²) in [5.74, 6) is 1.27. The predicted molar refractivity (Wildman–Crippen MR) is 73.6 cm³/mol. The van der Waals surface area contributed by atoms with Crippen LogP contribution in [0.1, 0.15) is 11.3 Å². The van der Waals surface area contributed by atoms with Gasteiger partial charge in [0.15, 0.2) is 0 Å². The molecule has 1 aromatic carbocycles. The van der Waals surface area contributed by atoms with Gasteiger partial charge in [0.25, 0.3) is 5.22 Å². The first-order valence-corrected chi connectivity index (χ1v) is 6.66. The highest BCUT2D eigenvalue weighted by Crippen LogP contribution is 2.26. The molecule has 0 saturated carbocycles. The first-order chi connectivity index (χ1) is 9.10. The zero-order valence-electron chi connectivity index (χ0n) is 10.7. The van der Waals surface area contributed by atoms with E-state index in [1.165, 1.54) is 11.8 Å². The van der Waals surface area contributed by atoms with Crippen molar-refractivity contribution in [1.29, 1.82) is 0 Å². The lowest BCUT2D eigenvalue weighted by Gasteiger charge is -2.09. The molecular formula is C12H14BNO4S. The van der Waals surface area contributed by atoms with Crippen LogP contribution in [0.25, 0.3) is 0 Å². The molecule has 5 nitrogen and oxygen atoms in total. The van der Waals surface area contributed by atoms with E-state index in [-0.39, 0.29) is 0 Å². The van der Waals surface area contributed by atoms with Crippen molar-refractivity contribution >= 4 is 24.3 Å². The van der Waals surface area contributed by atoms with Crippen molar-refractivity contribution in [1.82, 2.24) is 4.98 Å². The molecule has 0 amide bonds. The number of hydrogen-bond acceptors (Lipinski definition) is 6. The van der Waals surface area contributed by atoms with E-state index in [4.69, 9.17) is 9.15 Å². The first kappa shape index (κ1) is 14.0. The molecule has 1 heterocycles. The number of oxazole rings is 1. The minimum Gasteiger partial charge on any atom is -0.496 e. The van der Waals surface area contributed by atoms with Crippen LogP contribution < -0.4 is 10.2 Å². The molecule has 0 aliphatic heterocycles. The number of benzene rings is 1. The fourth-order valence-corrected chi connectivity index (χ4v) is 2.44. The molecule has 0 fully saturated rings. The molecule has 0 atom stereocenters. The maximum Gasteiger partial charge on any atom is 0.488 e. The molecule has 0 aliphatic carbocycles. The molecule has 0 bridgehead atoms. The monoisotopic (exact) mass is 279 g/mol. The maximum atomic E-state index is 9.18. The number of thioether (sulfide) groups is 1. The number of aryl methyl sites for hydroxylation is 1. The summed E-state index contributed by atoms with van der Waals surface area (Å²) in [5.41, 5.74) is 2.11. The van der Waals surface area contributed by atoms with E-state index in [0.717, 1.165) is 11.3 Å². The van der Waals surface area contributed by atoms with Crippen LogP contribution >= 0.6 is 11.8 Å². The summed E-state index contributed by atoms with van der Waals surface area (Å²) in [6, 6.07) is 5.03. The van der Waals surface area contributed by atoms with Crippen molar-refractivity contribution in [3.63, 3.8) is 0 Å². The Morgan fingerprint density at radius 2 is 2.21 bits per heavy atom. The molecular weight excluding hydrogens is 265 g/mol. The van der Waals surface area contributed by atoms with Crippen LogP contribution in [0.4, 0.5) is 0 Å². The van der Waals surface area contributed by atoms with Crippen LogP contribution in [0.15, 0.2) is 34.1 Å². The third-order valence-corrected chi connectivity index (χ3v) is 3.44. The Labute approximate surface area is 115 Å². The van der Waals surface area contributed by atoms with E-state index < -0.39 is 7.12 Å². The summed E-state index contributed by atoms with van der Waals surface area (Å²) in [6.45, 7) is 1.86. The summed E-state index contributed by atoms with van der Waals surface area (Å²) in [4.78, 5) is 4.20. The van der Waals surface area contributed by atoms with Crippen molar-refractivity contribution in [2.24, 2.45) is 0 Å². The molecule has 100 valence electrons. The molecule has 0 radical (unpaired) electrons. The standard InChI is InChI=1S/C12H14BNO4S/c1-8-6-18-12(14-8)19-7-9-5-10(13(15)16)3-4-11(9)17-2/h3-6,15-16H,7H2,1-2H3. The lowest BCUT2D eigenvalue weighted by molar-refractivity contribution is 0.410. The van der Waals surface area contributed by atoms with Gasteiger partial charge in [-0.2, -0.15) is 0 Å². The van der Waals surface area contributed by atoms with Crippen molar-refractivity contribution in [2.45, 2.75) is 17.9 Å².